The van der Waals surface area contributed by atoms with Crippen LogP contribution in [0.1, 0.15) is 29.9 Å². The molecule has 0 radical (unpaired) electrons. The van der Waals surface area contributed by atoms with Crippen molar-refractivity contribution in [2.24, 2.45) is 0 Å². The first-order chi connectivity index (χ1) is 10.7. The molecular weight excluding hydrogens is 375 g/mol. The molecule has 1 atom stereocenters. The summed E-state index contributed by atoms with van der Waals surface area (Å²) in [6.07, 6.45) is -4.57. The molecule has 2 aromatic rings. The van der Waals surface area contributed by atoms with E-state index in [1.165, 1.54) is 6.92 Å². The molecule has 124 valence electrons. The summed E-state index contributed by atoms with van der Waals surface area (Å²) in [4.78, 5) is 12.1. The maximum absolute atomic E-state index is 12.8. The van der Waals surface area contributed by atoms with Gasteiger partial charge >= 0.3 is 6.18 Å². The van der Waals surface area contributed by atoms with E-state index in [2.05, 4.69) is 26.3 Å². The Morgan fingerprint density at radius 3 is 2.48 bits per heavy atom. The van der Waals surface area contributed by atoms with Crippen molar-refractivity contribution in [3.8, 4) is 0 Å². The molecule has 0 saturated heterocycles. The first kappa shape index (κ1) is 17.5. The number of amides is 1. The Morgan fingerprint density at radius 2 is 1.96 bits per heavy atom. The molecule has 1 unspecified atom stereocenters. The first-order valence-electron chi connectivity index (χ1n) is 6.84. The van der Waals surface area contributed by atoms with Gasteiger partial charge in [0.2, 0.25) is 5.91 Å². The largest absolute Gasteiger partial charge is 0.436 e. The van der Waals surface area contributed by atoms with E-state index in [4.69, 9.17) is 0 Å². The minimum Gasteiger partial charge on any atom is -0.348 e. The number of benzene rings is 1. The van der Waals surface area contributed by atoms with Crippen LogP contribution in [-0.4, -0.2) is 15.7 Å². The molecule has 0 bridgehead atoms. The van der Waals surface area contributed by atoms with Gasteiger partial charge in [-0.05, 0) is 35.3 Å². The summed E-state index contributed by atoms with van der Waals surface area (Å²) in [5.41, 5.74) is 0.133. The highest BCUT2D eigenvalue weighted by molar-refractivity contribution is 9.10. The lowest BCUT2D eigenvalue weighted by Crippen LogP contribution is -2.30. The Morgan fingerprint density at radius 1 is 1.35 bits per heavy atom. The molecule has 0 saturated carbocycles. The van der Waals surface area contributed by atoms with Gasteiger partial charge < -0.3 is 5.32 Å². The van der Waals surface area contributed by atoms with Crippen molar-refractivity contribution in [2.75, 3.05) is 0 Å². The number of aromatic nitrogens is 2. The number of nitrogens with one attached hydrogen (secondary N) is 1. The highest BCUT2D eigenvalue weighted by atomic mass is 79.9. The van der Waals surface area contributed by atoms with E-state index in [0.29, 0.717) is 0 Å². The zero-order chi connectivity index (χ0) is 17.2. The van der Waals surface area contributed by atoms with Crippen molar-refractivity contribution < 1.29 is 18.0 Å². The lowest BCUT2D eigenvalue weighted by molar-refractivity contribution is -0.142. The monoisotopic (exact) mass is 389 g/mol. The average Bonchev–Trinajstić information content (AvgIpc) is 2.76. The zero-order valence-electron chi connectivity index (χ0n) is 12.5. The summed E-state index contributed by atoms with van der Waals surface area (Å²) in [6.45, 7) is 3.00. The minimum atomic E-state index is -4.57. The third-order valence-corrected chi connectivity index (χ3v) is 4.32. The van der Waals surface area contributed by atoms with Gasteiger partial charge in [0.25, 0.3) is 0 Å². The molecule has 0 aliphatic heterocycles. The van der Waals surface area contributed by atoms with Crippen LogP contribution in [0, 0.1) is 6.92 Å². The predicted molar refractivity (Wildman–Crippen MR) is 82.7 cm³/mol. The molecule has 2 rings (SSSR count). The fraction of sp³-hybridized carbons (Fsp3) is 0.333. The fourth-order valence-corrected chi connectivity index (χ4v) is 2.62. The summed E-state index contributed by atoms with van der Waals surface area (Å²) in [5, 5.41) is 6.23. The Balaban J connectivity index is 2.09. The maximum Gasteiger partial charge on any atom is 0.436 e. The van der Waals surface area contributed by atoms with Crippen molar-refractivity contribution in [3.05, 3.63) is 51.8 Å². The zero-order valence-corrected chi connectivity index (χ0v) is 14.1. The van der Waals surface area contributed by atoms with Crippen molar-refractivity contribution in [1.82, 2.24) is 15.1 Å². The van der Waals surface area contributed by atoms with Crippen LogP contribution in [0.4, 0.5) is 13.2 Å². The van der Waals surface area contributed by atoms with Gasteiger partial charge in [0.1, 0.15) is 6.54 Å². The molecule has 0 fully saturated rings. The molecule has 1 N–H and O–H groups in total. The van der Waals surface area contributed by atoms with Crippen LogP contribution in [0.2, 0.25) is 0 Å². The summed E-state index contributed by atoms with van der Waals surface area (Å²) < 4.78 is 39.3. The normalized spacial score (nSPS) is 13.0. The fourth-order valence-electron chi connectivity index (χ4n) is 2.11. The number of carbonyl (C=O) groups is 1. The maximum atomic E-state index is 12.8. The molecule has 8 heteroatoms. The third-order valence-electron chi connectivity index (χ3n) is 3.37. The first-order valence-corrected chi connectivity index (χ1v) is 7.64. The standard InChI is InChI=1S/C15H15BrF3N3O/c1-9(11-6-4-3-5-7-11)20-12(23)8-22-10(2)13(16)14(21-22)15(17,18)19/h3-7,9H,8H2,1-2H3,(H,20,23). The number of hydrogen-bond acceptors (Lipinski definition) is 2. The molecule has 0 spiro atoms. The summed E-state index contributed by atoms with van der Waals surface area (Å²) >= 11 is 2.88. The molecule has 23 heavy (non-hydrogen) atoms. The lowest BCUT2D eigenvalue weighted by Gasteiger charge is -2.14. The van der Waals surface area contributed by atoms with Crippen molar-refractivity contribution in [1.29, 1.82) is 0 Å². The van der Waals surface area contributed by atoms with E-state index >= 15 is 0 Å². The van der Waals surface area contributed by atoms with Gasteiger partial charge in [-0.3, -0.25) is 9.48 Å². The summed E-state index contributed by atoms with van der Waals surface area (Å²) in [6, 6.07) is 9.04. The number of halogens is 4. The minimum absolute atomic E-state index is 0.145. The molecule has 1 amide bonds. The number of alkyl halides is 3. The van der Waals surface area contributed by atoms with E-state index in [-0.39, 0.29) is 22.8 Å². The van der Waals surface area contributed by atoms with Gasteiger partial charge in [-0.1, -0.05) is 30.3 Å². The van der Waals surface area contributed by atoms with Crippen LogP contribution in [0.25, 0.3) is 0 Å². The van der Waals surface area contributed by atoms with Gasteiger partial charge in [-0.25, -0.2) is 0 Å². The number of nitrogens with zero attached hydrogens (tertiary/aromatic N) is 2. The number of hydrogen-bond donors (Lipinski definition) is 1. The summed E-state index contributed by atoms with van der Waals surface area (Å²) in [5.74, 6) is -0.409. The number of carbonyl (C=O) groups excluding carboxylic acids is 1. The van der Waals surface area contributed by atoms with Crippen LogP contribution in [-0.2, 0) is 17.5 Å². The van der Waals surface area contributed by atoms with Gasteiger partial charge in [0.15, 0.2) is 5.69 Å². The van der Waals surface area contributed by atoms with Crippen LogP contribution < -0.4 is 5.32 Å². The van der Waals surface area contributed by atoms with E-state index in [0.717, 1.165) is 10.2 Å². The average molecular weight is 390 g/mol. The van der Waals surface area contributed by atoms with Crippen molar-refractivity contribution in [2.45, 2.75) is 32.6 Å². The van der Waals surface area contributed by atoms with E-state index in [1.807, 2.05) is 30.3 Å². The van der Waals surface area contributed by atoms with Crippen LogP contribution >= 0.6 is 15.9 Å². The van der Waals surface area contributed by atoms with Crippen LogP contribution in [0.15, 0.2) is 34.8 Å². The molecule has 1 heterocycles. The smallest absolute Gasteiger partial charge is 0.348 e. The quantitative estimate of drug-likeness (QED) is 0.862. The number of rotatable bonds is 4. The Hall–Kier alpha value is -1.83. The van der Waals surface area contributed by atoms with Gasteiger partial charge in [0, 0.05) is 0 Å². The molecule has 0 aliphatic carbocycles. The SMILES string of the molecule is Cc1c(Br)c(C(F)(F)F)nn1CC(=O)NC(C)c1ccccc1. The molecular formula is C15H15BrF3N3O. The van der Waals surface area contributed by atoms with Gasteiger partial charge in [-0.15, -0.1) is 0 Å². The van der Waals surface area contributed by atoms with E-state index in [1.54, 1.807) is 6.92 Å². The van der Waals surface area contributed by atoms with Crippen LogP contribution in [0.5, 0.6) is 0 Å². The molecule has 4 nitrogen and oxygen atoms in total. The Kier molecular flexibility index (Phi) is 5.13. The second-order valence-electron chi connectivity index (χ2n) is 5.10. The predicted octanol–water partition coefficient (Wildman–Crippen LogP) is 3.85. The molecule has 0 aliphatic rings. The highest BCUT2D eigenvalue weighted by Gasteiger charge is 2.38. The highest BCUT2D eigenvalue weighted by Crippen LogP contribution is 2.35. The Labute approximate surface area is 139 Å². The lowest BCUT2D eigenvalue weighted by atomic mass is 10.1. The van der Waals surface area contributed by atoms with Crippen molar-refractivity contribution >= 4 is 21.8 Å². The van der Waals surface area contributed by atoms with Crippen molar-refractivity contribution in [3.63, 3.8) is 0 Å². The Bertz CT molecular complexity index is 698. The topological polar surface area (TPSA) is 46.9 Å². The second kappa shape index (κ2) is 6.74. The summed E-state index contributed by atoms with van der Waals surface area (Å²) in [7, 11) is 0. The second-order valence-corrected chi connectivity index (χ2v) is 5.90. The molecule has 1 aromatic heterocycles. The van der Waals surface area contributed by atoms with E-state index in [9.17, 15) is 18.0 Å². The molecule has 1 aromatic carbocycles. The van der Waals surface area contributed by atoms with Gasteiger partial charge in [0.05, 0.1) is 16.2 Å². The third kappa shape index (κ3) is 4.13. The van der Waals surface area contributed by atoms with Gasteiger partial charge in [-0.2, -0.15) is 18.3 Å². The van der Waals surface area contributed by atoms with Crippen LogP contribution in [0.3, 0.4) is 0 Å². The van der Waals surface area contributed by atoms with E-state index < -0.39 is 17.8 Å².